The molecule has 210 valence electrons. The van der Waals surface area contributed by atoms with Crippen LogP contribution in [0, 0.1) is 23.7 Å². The Morgan fingerprint density at radius 2 is 1.08 bits per heavy atom. The minimum absolute atomic E-state index is 0.0492. The second-order valence-electron chi connectivity index (χ2n) is 12.2. The molecule has 2 saturated carbocycles. The van der Waals surface area contributed by atoms with Crippen LogP contribution >= 0.6 is 0 Å². The van der Waals surface area contributed by atoms with Crippen LogP contribution < -0.4 is 9.47 Å². The summed E-state index contributed by atoms with van der Waals surface area (Å²) < 4.78 is 11.7. The summed E-state index contributed by atoms with van der Waals surface area (Å²) in [5, 5.41) is 0. The predicted octanol–water partition coefficient (Wildman–Crippen LogP) is 10.3. The molecule has 2 fully saturated rings. The van der Waals surface area contributed by atoms with Gasteiger partial charge in [0.1, 0.15) is 11.5 Å². The van der Waals surface area contributed by atoms with Gasteiger partial charge < -0.3 is 9.47 Å². The standard InChI is InChI=1S/C34H56O3/c1-3-5-7-8-10-13-28-15-17-30(18-16-28)14-11-27-36-32-23-25-33(26-24-32)37-34(35)31-21-19-29(20-22-31)12-9-6-4-2/h23-26,28-31H,3-22,27H2,1-2H3/t28-,29-,30-,31-. The quantitative estimate of drug-likeness (QED) is 0.118. The molecule has 0 bridgehead atoms. The zero-order valence-corrected chi connectivity index (χ0v) is 24.2. The molecule has 0 heterocycles. The molecular weight excluding hydrogens is 456 g/mol. The van der Waals surface area contributed by atoms with Crippen LogP contribution in [0.2, 0.25) is 0 Å². The van der Waals surface area contributed by atoms with Crippen molar-refractivity contribution in [3.63, 3.8) is 0 Å². The summed E-state index contributed by atoms with van der Waals surface area (Å²) in [6.07, 6.45) is 26.3. The Morgan fingerprint density at radius 1 is 0.622 bits per heavy atom. The lowest BCUT2D eigenvalue weighted by Gasteiger charge is -2.28. The van der Waals surface area contributed by atoms with Crippen LogP contribution in [0.5, 0.6) is 11.5 Å². The summed E-state index contributed by atoms with van der Waals surface area (Å²) in [4.78, 5) is 12.6. The van der Waals surface area contributed by atoms with Crippen molar-refractivity contribution in [3.05, 3.63) is 24.3 Å². The van der Waals surface area contributed by atoms with Crippen LogP contribution in [0.4, 0.5) is 0 Å². The van der Waals surface area contributed by atoms with Crippen molar-refractivity contribution in [2.45, 2.75) is 142 Å². The minimum atomic E-state index is -0.0492. The van der Waals surface area contributed by atoms with Crippen LogP contribution in [-0.2, 0) is 4.79 Å². The van der Waals surface area contributed by atoms with Crippen LogP contribution in [0.1, 0.15) is 142 Å². The Bertz CT molecular complexity index is 711. The molecule has 0 atom stereocenters. The maximum atomic E-state index is 12.6. The van der Waals surface area contributed by atoms with E-state index in [1.165, 1.54) is 109 Å². The predicted molar refractivity (Wildman–Crippen MR) is 155 cm³/mol. The third-order valence-corrected chi connectivity index (χ3v) is 9.15. The smallest absolute Gasteiger partial charge is 0.314 e. The highest BCUT2D eigenvalue weighted by Gasteiger charge is 2.27. The fourth-order valence-electron chi connectivity index (χ4n) is 6.58. The maximum absolute atomic E-state index is 12.6. The van der Waals surface area contributed by atoms with Gasteiger partial charge in [0.15, 0.2) is 0 Å². The summed E-state index contributed by atoms with van der Waals surface area (Å²) in [6.45, 7) is 5.33. The molecule has 0 spiro atoms. The average molecular weight is 513 g/mol. The molecular formula is C34H56O3. The Labute approximate surface area is 228 Å². The van der Waals surface area contributed by atoms with E-state index in [0.717, 1.165) is 49.4 Å². The van der Waals surface area contributed by atoms with E-state index < -0.39 is 0 Å². The van der Waals surface area contributed by atoms with Gasteiger partial charge in [0, 0.05) is 0 Å². The summed E-state index contributed by atoms with van der Waals surface area (Å²) >= 11 is 0. The Balaban J connectivity index is 1.23. The molecule has 2 aliphatic carbocycles. The minimum Gasteiger partial charge on any atom is -0.494 e. The van der Waals surface area contributed by atoms with Gasteiger partial charge in [0.25, 0.3) is 0 Å². The fraction of sp³-hybridized carbons (Fsp3) is 0.794. The van der Waals surface area contributed by atoms with Crippen molar-refractivity contribution in [2.24, 2.45) is 23.7 Å². The van der Waals surface area contributed by atoms with Gasteiger partial charge in [-0.25, -0.2) is 0 Å². The topological polar surface area (TPSA) is 35.5 Å². The van der Waals surface area contributed by atoms with E-state index in [2.05, 4.69) is 13.8 Å². The lowest BCUT2D eigenvalue weighted by atomic mass is 9.78. The summed E-state index contributed by atoms with van der Waals surface area (Å²) in [5.41, 5.74) is 0. The highest BCUT2D eigenvalue weighted by Crippen LogP contribution is 2.35. The van der Waals surface area contributed by atoms with Gasteiger partial charge in [-0.15, -0.1) is 0 Å². The first-order valence-corrected chi connectivity index (χ1v) is 16.1. The van der Waals surface area contributed by atoms with Gasteiger partial charge in [-0.1, -0.05) is 104 Å². The first-order chi connectivity index (χ1) is 18.2. The normalized spacial score (nSPS) is 24.1. The number of unbranched alkanes of at least 4 members (excludes halogenated alkanes) is 6. The first kappa shape index (κ1) is 30.0. The fourth-order valence-corrected chi connectivity index (χ4v) is 6.58. The second-order valence-corrected chi connectivity index (χ2v) is 12.2. The van der Waals surface area contributed by atoms with E-state index in [1.54, 1.807) is 0 Å². The molecule has 0 saturated heterocycles. The van der Waals surface area contributed by atoms with E-state index in [-0.39, 0.29) is 11.9 Å². The molecule has 0 aromatic heterocycles. The molecule has 1 aromatic carbocycles. The molecule has 0 radical (unpaired) electrons. The number of hydrogen-bond donors (Lipinski definition) is 0. The largest absolute Gasteiger partial charge is 0.494 e. The van der Waals surface area contributed by atoms with E-state index in [1.807, 2.05) is 24.3 Å². The average Bonchev–Trinajstić information content (AvgIpc) is 2.93. The number of carbonyl (C=O) groups is 1. The zero-order chi connectivity index (χ0) is 26.1. The van der Waals surface area contributed by atoms with E-state index >= 15 is 0 Å². The Hall–Kier alpha value is -1.51. The van der Waals surface area contributed by atoms with Crippen LogP contribution in [0.15, 0.2) is 24.3 Å². The van der Waals surface area contributed by atoms with Gasteiger partial charge in [0.05, 0.1) is 12.5 Å². The van der Waals surface area contributed by atoms with Crippen LogP contribution in [-0.4, -0.2) is 12.6 Å². The van der Waals surface area contributed by atoms with Crippen molar-refractivity contribution in [1.29, 1.82) is 0 Å². The van der Waals surface area contributed by atoms with Crippen molar-refractivity contribution in [1.82, 2.24) is 0 Å². The monoisotopic (exact) mass is 512 g/mol. The van der Waals surface area contributed by atoms with Crippen molar-refractivity contribution < 1.29 is 14.3 Å². The SMILES string of the molecule is CCCCCCC[C@H]1CC[C@H](CCCOc2ccc(OC(=O)[C@H]3CC[C@H](CCCCC)CC3)cc2)CC1. The van der Waals surface area contributed by atoms with E-state index in [4.69, 9.17) is 9.47 Å². The molecule has 3 nitrogen and oxygen atoms in total. The van der Waals surface area contributed by atoms with E-state index in [0.29, 0.717) is 5.75 Å². The van der Waals surface area contributed by atoms with Crippen molar-refractivity contribution >= 4 is 5.97 Å². The van der Waals surface area contributed by atoms with E-state index in [9.17, 15) is 4.79 Å². The van der Waals surface area contributed by atoms with Crippen LogP contribution in [0.3, 0.4) is 0 Å². The number of benzene rings is 1. The Morgan fingerprint density at radius 3 is 1.68 bits per heavy atom. The third-order valence-electron chi connectivity index (χ3n) is 9.15. The molecule has 3 rings (SSSR count). The van der Waals surface area contributed by atoms with Crippen molar-refractivity contribution in [3.8, 4) is 11.5 Å². The second kappa shape index (κ2) is 17.9. The summed E-state index contributed by atoms with van der Waals surface area (Å²) in [5.74, 6) is 4.24. The Kier molecular flexibility index (Phi) is 14.5. The molecule has 2 aliphatic rings. The molecule has 0 amide bonds. The molecule has 0 N–H and O–H groups in total. The van der Waals surface area contributed by atoms with Crippen LogP contribution in [0.25, 0.3) is 0 Å². The third kappa shape index (κ3) is 11.8. The highest BCUT2D eigenvalue weighted by atomic mass is 16.5. The van der Waals surface area contributed by atoms with Gasteiger partial charge in [0.2, 0.25) is 0 Å². The number of hydrogen-bond acceptors (Lipinski definition) is 3. The number of ether oxygens (including phenoxy) is 2. The summed E-state index contributed by atoms with van der Waals surface area (Å²) in [6, 6.07) is 7.65. The molecule has 3 heteroatoms. The number of carbonyl (C=O) groups excluding carboxylic acids is 1. The summed E-state index contributed by atoms with van der Waals surface area (Å²) in [7, 11) is 0. The number of rotatable bonds is 17. The lowest BCUT2D eigenvalue weighted by Crippen LogP contribution is -2.25. The van der Waals surface area contributed by atoms with Gasteiger partial charge in [-0.05, 0) is 80.5 Å². The molecule has 0 unspecified atom stereocenters. The van der Waals surface area contributed by atoms with Gasteiger partial charge in [-0.2, -0.15) is 0 Å². The van der Waals surface area contributed by atoms with Gasteiger partial charge >= 0.3 is 5.97 Å². The molecule has 1 aromatic rings. The number of esters is 1. The maximum Gasteiger partial charge on any atom is 0.314 e. The molecule has 37 heavy (non-hydrogen) atoms. The molecule has 0 aliphatic heterocycles. The first-order valence-electron chi connectivity index (χ1n) is 16.1. The zero-order valence-electron chi connectivity index (χ0n) is 24.2. The lowest BCUT2D eigenvalue weighted by molar-refractivity contribution is -0.140. The highest BCUT2D eigenvalue weighted by molar-refractivity contribution is 5.75. The van der Waals surface area contributed by atoms with Crippen molar-refractivity contribution in [2.75, 3.05) is 6.61 Å². The van der Waals surface area contributed by atoms with Gasteiger partial charge in [-0.3, -0.25) is 4.79 Å².